The summed E-state index contributed by atoms with van der Waals surface area (Å²) >= 11 is 0. The molecule has 1 aromatic carbocycles. The summed E-state index contributed by atoms with van der Waals surface area (Å²) in [5.74, 6) is -0.318. The van der Waals surface area contributed by atoms with Crippen molar-refractivity contribution >= 4 is 24.3 Å². The van der Waals surface area contributed by atoms with Gasteiger partial charge in [0.05, 0.1) is 19.8 Å². The molecule has 0 radical (unpaired) electrons. The Kier molecular flexibility index (Phi) is 5.41. The van der Waals surface area contributed by atoms with Gasteiger partial charge in [-0.15, -0.1) is 12.4 Å². The Morgan fingerprint density at radius 2 is 1.53 bits per heavy atom. The lowest BCUT2D eigenvalue weighted by Crippen LogP contribution is -2.04. The number of nitrogens with one attached hydrogen (secondary N) is 1. The fraction of sp³-hybridized carbons (Fsp3) is 0.200. The Labute approximate surface area is 94.1 Å². The summed E-state index contributed by atoms with van der Waals surface area (Å²) in [6.45, 7) is 0. The summed E-state index contributed by atoms with van der Waals surface area (Å²) in [4.78, 5) is 11.1. The normalized spacial score (nSPS) is 8.67. The fourth-order valence-corrected chi connectivity index (χ4v) is 0.993. The predicted octanol–water partition coefficient (Wildman–Crippen LogP) is 1.87. The van der Waals surface area contributed by atoms with Gasteiger partial charge in [0, 0.05) is 5.56 Å². The van der Waals surface area contributed by atoms with E-state index in [-0.39, 0.29) is 24.3 Å². The molecule has 15 heavy (non-hydrogen) atoms. The summed E-state index contributed by atoms with van der Waals surface area (Å²) in [6.07, 6.45) is 0. The van der Waals surface area contributed by atoms with E-state index >= 15 is 0 Å². The molecule has 0 heterocycles. The first-order valence-electron chi connectivity index (χ1n) is 4.00. The third-order valence-corrected chi connectivity index (χ3v) is 1.77. The number of ether oxygens (including phenoxy) is 2. The van der Waals surface area contributed by atoms with Gasteiger partial charge in [-0.1, -0.05) is 0 Å². The maximum absolute atomic E-state index is 11.1. The molecule has 5 heteroatoms. The molecule has 82 valence electrons. The number of carbonyl (C=O) groups excluding carboxylic acids is 1. The first kappa shape index (κ1) is 13.4. The maximum atomic E-state index is 11.1. The summed E-state index contributed by atoms with van der Waals surface area (Å²) < 4.78 is 9.27. The number of benzene rings is 1. The van der Waals surface area contributed by atoms with E-state index < -0.39 is 0 Å². The number of carbonyl (C=O) groups is 1. The van der Waals surface area contributed by atoms with Crippen molar-refractivity contribution in [2.24, 2.45) is 0 Å². The Hall–Kier alpha value is -1.55. The number of hydrogen-bond donors (Lipinski definition) is 1. The van der Waals surface area contributed by atoms with Crippen molar-refractivity contribution in [3.8, 4) is 0 Å². The Balaban J connectivity index is 0.00000196. The number of hydrogen-bond acceptors (Lipinski definition) is 4. The van der Waals surface area contributed by atoms with E-state index in [1.807, 2.05) is 0 Å². The molecule has 0 aliphatic carbocycles. The van der Waals surface area contributed by atoms with Gasteiger partial charge in [0.1, 0.15) is 0 Å². The zero-order chi connectivity index (χ0) is 10.6. The molecule has 0 amide bonds. The van der Waals surface area contributed by atoms with E-state index in [4.69, 9.17) is 10.1 Å². The monoisotopic (exact) mass is 229 g/mol. The van der Waals surface area contributed by atoms with Crippen molar-refractivity contribution in [2.75, 3.05) is 14.2 Å². The molecule has 0 bridgehead atoms. The van der Waals surface area contributed by atoms with Gasteiger partial charge in [-0.05, 0) is 24.3 Å². The minimum atomic E-state index is -0.388. The topological polar surface area (TPSA) is 59.4 Å². The minimum absolute atomic E-state index is 0. The van der Waals surface area contributed by atoms with Crippen molar-refractivity contribution in [2.45, 2.75) is 0 Å². The van der Waals surface area contributed by atoms with E-state index in [1.165, 1.54) is 14.2 Å². The smallest absolute Gasteiger partial charge is 0.337 e. The van der Waals surface area contributed by atoms with Crippen molar-refractivity contribution in [3.63, 3.8) is 0 Å². The second-order valence-electron chi connectivity index (χ2n) is 2.60. The Morgan fingerprint density at radius 1 is 1.07 bits per heavy atom. The van der Waals surface area contributed by atoms with Crippen LogP contribution in [0.1, 0.15) is 15.9 Å². The lowest BCUT2D eigenvalue weighted by Gasteiger charge is -2.03. The molecule has 1 N–H and O–H groups in total. The fourth-order valence-electron chi connectivity index (χ4n) is 0.993. The van der Waals surface area contributed by atoms with Crippen molar-refractivity contribution < 1.29 is 14.3 Å². The van der Waals surface area contributed by atoms with Crippen molar-refractivity contribution in [1.82, 2.24) is 0 Å². The first-order chi connectivity index (χ1) is 6.69. The Morgan fingerprint density at radius 3 is 1.93 bits per heavy atom. The highest BCUT2D eigenvalue weighted by atomic mass is 35.5. The van der Waals surface area contributed by atoms with E-state index in [0.29, 0.717) is 11.1 Å². The summed E-state index contributed by atoms with van der Waals surface area (Å²) in [7, 11) is 2.75. The van der Waals surface area contributed by atoms with Crippen LogP contribution in [0.25, 0.3) is 0 Å². The molecule has 4 nitrogen and oxygen atoms in total. The van der Waals surface area contributed by atoms with Crippen LogP contribution in [0.5, 0.6) is 0 Å². The SMILES string of the molecule is COC(=N)c1ccc(C(=O)OC)cc1.Cl. The van der Waals surface area contributed by atoms with Gasteiger partial charge >= 0.3 is 5.97 Å². The van der Waals surface area contributed by atoms with E-state index in [9.17, 15) is 4.79 Å². The first-order valence-corrected chi connectivity index (χ1v) is 4.00. The second-order valence-corrected chi connectivity index (χ2v) is 2.60. The van der Waals surface area contributed by atoms with Gasteiger partial charge in [-0.25, -0.2) is 4.79 Å². The predicted molar refractivity (Wildman–Crippen MR) is 58.9 cm³/mol. The van der Waals surface area contributed by atoms with E-state index in [0.717, 1.165) is 0 Å². The highest BCUT2D eigenvalue weighted by molar-refractivity contribution is 5.94. The molecule has 0 saturated carbocycles. The molecule has 1 rings (SSSR count). The molecule has 0 spiro atoms. The van der Waals surface area contributed by atoms with Crippen molar-refractivity contribution in [1.29, 1.82) is 5.41 Å². The zero-order valence-electron chi connectivity index (χ0n) is 8.44. The summed E-state index contributed by atoms with van der Waals surface area (Å²) in [6, 6.07) is 6.46. The highest BCUT2D eigenvalue weighted by Gasteiger charge is 2.06. The second kappa shape index (κ2) is 6.03. The van der Waals surface area contributed by atoms with Crippen LogP contribution in [0.2, 0.25) is 0 Å². The maximum Gasteiger partial charge on any atom is 0.337 e. The largest absolute Gasteiger partial charge is 0.481 e. The van der Waals surface area contributed by atoms with Crippen LogP contribution in [-0.4, -0.2) is 26.1 Å². The standard InChI is InChI=1S/C10H11NO3.ClH/c1-13-9(11)7-3-5-8(6-4-7)10(12)14-2;/h3-6,11H,1-2H3;1H. The van der Waals surface area contributed by atoms with Gasteiger partial charge in [-0.2, -0.15) is 0 Å². The number of esters is 1. The zero-order valence-corrected chi connectivity index (χ0v) is 9.26. The minimum Gasteiger partial charge on any atom is -0.481 e. The number of rotatable bonds is 2. The summed E-state index contributed by atoms with van der Waals surface area (Å²) in [5.41, 5.74) is 1.08. The van der Waals surface area contributed by atoms with Crippen LogP contribution in [0.4, 0.5) is 0 Å². The van der Waals surface area contributed by atoms with Crippen LogP contribution in [0.15, 0.2) is 24.3 Å². The van der Waals surface area contributed by atoms with Crippen molar-refractivity contribution in [3.05, 3.63) is 35.4 Å². The molecule has 0 unspecified atom stereocenters. The number of methoxy groups -OCH3 is 2. The molecule has 0 atom stereocenters. The van der Waals surface area contributed by atoms with Gasteiger partial charge in [0.2, 0.25) is 5.90 Å². The molecule has 1 aromatic rings. The van der Waals surface area contributed by atoms with Crippen LogP contribution in [0.3, 0.4) is 0 Å². The van der Waals surface area contributed by atoms with Crippen LogP contribution < -0.4 is 0 Å². The molecule has 0 saturated heterocycles. The van der Waals surface area contributed by atoms with E-state index in [2.05, 4.69) is 4.74 Å². The van der Waals surface area contributed by atoms with Gasteiger partial charge in [-0.3, -0.25) is 5.41 Å². The summed E-state index contributed by atoms with van der Waals surface area (Å²) in [5, 5.41) is 7.36. The molecule has 0 aliphatic heterocycles. The lowest BCUT2D eigenvalue weighted by molar-refractivity contribution is 0.0600. The van der Waals surface area contributed by atoms with Gasteiger partial charge in [0.15, 0.2) is 0 Å². The Bertz CT molecular complexity index is 313. The highest BCUT2D eigenvalue weighted by Crippen LogP contribution is 2.06. The average Bonchev–Trinajstić information content (AvgIpc) is 2.27. The van der Waals surface area contributed by atoms with Crippen LogP contribution in [-0.2, 0) is 9.47 Å². The third-order valence-electron chi connectivity index (χ3n) is 1.77. The molecule has 0 fully saturated rings. The van der Waals surface area contributed by atoms with Gasteiger partial charge in [0.25, 0.3) is 0 Å². The van der Waals surface area contributed by atoms with E-state index in [1.54, 1.807) is 24.3 Å². The van der Waals surface area contributed by atoms with Gasteiger partial charge < -0.3 is 9.47 Å². The number of halogens is 1. The quantitative estimate of drug-likeness (QED) is 0.479. The molecular weight excluding hydrogens is 218 g/mol. The molecule has 0 aromatic heterocycles. The van der Waals surface area contributed by atoms with Crippen LogP contribution in [0, 0.1) is 5.41 Å². The van der Waals surface area contributed by atoms with Crippen LogP contribution >= 0.6 is 12.4 Å². The molecule has 0 aliphatic rings. The average molecular weight is 230 g/mol. The third kappa shape index (κ3) is 3.25. The molecular formula is C10H12ClNO3. The lowest BCUT2D eigenvalue weighted by atomic mass is 10.1.